The molecule has 0 aromatic carbocycles. The quantitative estimate of drug-likeness (QED) is 0.538. The van der Waals surface area contributed by atoms with Gasteiger partial charge in [-0.1, -0.05) is 0 Å². The van der Waals surface area contributed by atoms with Crippen LogP contribution >= 0.6 is 0 Å². The number of hydrogen-bond acceptors (Lipinski definition) is 7. The highest BCUT2D eigenvalue weighted by molar-refractivity contribution is 6.01. The van der Waals surface area contributed by atoms with Crippen LogP contribution in [0.5, 0.6) is 0 Å². The third kappa shape index (κ3) is 1.99. The smallest absolute Gasteiger partial charge is 0.329 e. The zero-order chi connectivity index (χ0) is 14.3. The molecule has 0 bridgehead atoms. The SMILES string of the molecule is COC[C@H]1O[C@@H](n2c3c([nH]c2=O)C(N)=NCN3)C[C@@H]1O. The van der Waals surface area contributed by atoms with E-state index in [4.69, 9.17) is 15.2 Å². The van der Waals surface area contributed by atoms with Gasteiger partial charge in [-0.3, -0.25) is 4.57 Å². The molecule has 0 radical (unpaired) electrons. The molecule has 0 spiro atoms. The van der Waals surface area contributed by atoms with E-state index in [0.29, 0.717) is 24.6 Å². The summed E-state index contributed by atoms with van der Waals surface area (Å²) < 4.78 is 12.1. The van der Waals surface area contributed by atoms with Gasteiger partial charge in [0.05, 0.1) is 12.7 Å². The van der Waals surface area contributed by atoms with E-state index >= 15 is 0 Å². The molecule has 5 N–H and O–H groups in total. The second-order valence-electron chi connectivity index (χ2n) is 4.79. The summed E-state index contributed by atoms with van der Waals surface area (Å²) in [6.45, 7) is 0.572. The molecule has 9 heteroatoms. The lowest BCUT2D eigenvalue weighted by Gasteiger charge is -2.18. The van der Waals surface area contributed by atoms with E-state index in [1.54, 1.807) is 0 Å². The molecule has 0 unspecified atom stereocenters. The number of rotatable bonds is 3. The Labute approximate surface area is 114 Å². The van der Waals surface area contributed by atoms with E-state index in [2.05, 4.69) is 15.3 Å². The van der Waals surface area contributed by atoms with Gasteiger partial charge in [-0.05, 0) is 0 Å². The van der Waals surface area contributed by atoms with Crippen molar-refractivity contribution in [2.24, 2.45) is 10.7 Å². The van der Waals surface area contributed by atoms with Crippen LogP contribution in [0.3, 0.4) is 0 Å². The highest BCUT2D eigenvalue weighted by Crippen LogP contribution is 2.31. The number of aliphatic hydroxyl groups excluding tert-OH is 1. The maximum absolute atomic E-state index is 12.1. The summed E-state index contributed by atoms with van der Waals surface area (Å²) in [6, 6.07) is 0. The van der Waals surface area contributed by atoms with E-state index in [0.717, 1.165) is 0 Å². The number of anilines is 1. The van der Waals surface area contributed by atoms with Crippen molar-refractivity contribution in [2.45, 2.75) is 24.9 Å². The van der Waals surface area contributed by atoms with E-state index in [9.17, 15) is 9.90 Å². The van der Waals surface area contributed by atoms with Crippen LogP contribution in [0.4, 0.5) is 5.82 Å². The summed E-state index contributed by atoms with van der Waals surface area (Å²) in [4.78, 5) is 18.7. The maximum atomic E-state index is 12.1. The Hall–Kier alpha value is -1.84. The summed E-state index contributed by atoms with van der Waals surface area (Å²) in [5.41, 5.74) is 5.85. The summed E-state index contributed by atoms with van der Waals surface area (Å²) in [7, 11) is 1.53. The fourth-order valence-electron chi connectivity index (χ4n) is 2.55. The lowest BCUT2D eigenvalue weighted by Crippen LogP contribution is -2.27. The number of fused-ring (bicyclic) bond motifs is 1. The summed E-state index contributed by atoms with van der Waals surface area (Å²) in [6.07, 6.45) is -1.36. The predicted octanol–water partition coefficient (Wildman–Crippen LogP) is -1.44. The van der Waals surface area contributed by atoms with Gasteiger partial charge in [0.2, 0.25) is 0 Å². The number of aliphatic imine (C=N–C) groups is 1. The van der Waals surface area contributed by atoms with Crippen LogP contribution in [0, 0.1) is 0 Å². The number of aromatic amines is 1. The number of ether oxygens (including phenoxy) is 2. The van der Waals surface area contributed by atoms with Crippen LogP contribution in [0.25, 0.3) is 0 Å². The molecule has 1 saturated heterocycles. The molecule has 1 aromatic heterocycles. The normalized spacial score (nSPS) is 28.9. The minimum absolute atomic E-state index is 0.274. The van der Waals surface area contributed by atoms with Crippen molar-refractivity contribution < 1.29 is 14.6 Å². The second kappa shape index (κ2) is 4.93. The minimum atomic E-state index is -0.674. The zero-order valence-electron chi connectivity index (χ0n) is 11.0. The summed E-state index contributed by atoms with van der Waals surface area (Å²) in [5, 5.41) is 12.9. The summed E-state index contributed by atoms with van der Waals surface area (Å²) >= 11 is 0. The van der Waals surface area contributed by atoms with Gasteiger partial charge in [0.1, 0.15) is 36.3 Å². The number of nitrogens with one attached hydrogen (secondary N) is 2. The van der Waals surface area contributed by atoms with Crippen LogP contribution in [-0.2, 0) is 9.47 Å². The van der Waals surface area contributed by atoms with Crippen molar-refractivity contribution in [1.82, 2.24) is 9.55 Å². The van der Waals surface area contributed by atoms with Crippen molar-refractivity contribution in [2.75, 3.05) is 25.7 Å². The van der Waals surface area contributed by atoms with E-state index < -0.39 is 18.4 Å². The molecule has 3 rings (SSSR count). The molecule has 1 aromatic rings. The standard InChI is InChI=1S/C11H17N5O4/c1-19-3-6-5(17)2-7(20-6)16-10-8(15-11(16)18)9(12)13-4-14-10/h5-7,14,17H,2-4H2,1H3,(H2,12,13)(H,15,18)/t5-,6+,7+/m0/s1. The predicted molar refractivity (Wildman–Crippen MR) is 70.7 cm³/mol. The fourth-order valence-corrected chi connectivity index (χ4v) is 2.55. The van der Waals surface area contributed by atoms with E-state index in [1.807, 2.05) is 0 Å². The van der Waals surface area contributed by atoms with Crippen molar-refractivity contribution in [3.05, 3.63) is 16.2 Å². The molecule has 3 atom stereocenters. The first-order valence-corrected chi connectivity index (χ1v) is 6.33. The first-order valence-electron chi connectivity index (χ1n) is 6.33. The topological polar surface area (TPSA) is 127 Å². The Kier molecular flexibility index (Phi) is 3.24. The molecule has 1 fully saturated rings. The highest BCUT2D eigenvalue weighted by atomic mass is 16.6. The summed E-state index contributed by atoms with van der Waals surface area (Å²) in [5.74, 6) is 0.819. The molecule has 3 heterocycles. The Morgan fingerprint density at radius 2 is 2.45 bits per heavy atom. The molecule has 9 nitrogen and oxygen atoms in total. The van der Waals surface area contributed by atoms with Crippen LogP contribution in [0.2, 0.25) is 0 Å². The van der Waals surface area contributed by atoms with E-state index in [1.165, 1.54) is 11.7 Å². The molecule has 0 amide bonds. The third-order valence-electron chi connectivity index (χ3n) is 3.50. The number of hydrogen-bond donors (Lipinski definition) is 4. The van der Waals surface area contributed by atoms with Gasteiger partial charge in [0, 0.05) is 13.5 Å². The average molecular weight is 283 g/mol. The Balaban J connectivity index is 1.93. The van der Waals surface area contributed by atoms with Crippen molar-refractivity contribution >= 4 is 11.7 Å². The number of methoxy groups -OCH3 is 1. The van der Waals surface area contributed by atoms with Gasteiger partial charge in [-0.2, -0.15) is 0 Å². The van der Waals surface area contributed by atoms with Gasteiger partial charge in [0.25, 0.3) is 0 Å². The molecule has 2 aliphatic heterocycles. The minimum Gasteiger partial charge on any atom is -0.390 e. The number of aliphatic hydroxyl groups is 1. The number of nitrogens with two attached hydrogens (primary N) is 1. The molecule has 2 aliphatic rings. The largest absolute Gasteiger partial charge is 0.390 e. The van der Waals surface area contributed by atoms with Gasteiger partial charge < -0.3 is 30.6 Å². The molecule has 20 heavy (non-hydrogen) atoms. The van der Waals surface area contributed by atoms with E-state index in [-0.39, 0.29) is 18.1 Å². The molecular formula is C11H17N5O4. The highest BCUT2D eigenvalue weighted by Gasteiger charge is 2.37. The number of H-pyrrole nitrogens is 1. The van der Waals surface area contributed by atoms with Gasteiger partial charge in [0.15, 0.2) is 0 Å². The lowest BCUT2D eigenvalue weighted by atomic mass is 10.2. The van der Waals surface area contributed by atoms with Crippen molar-refractivity contribution in [1.29, 1.82) is 0 Å². The number of nitrogens with zero attached hydrogens (tertiary/aromatic N) is 2. The van der Waals surface area contributed by atoms with Crippen LogP contribution in [0.1, 0.15) is 18.3 Å². The number of aromatic nitrogens is 2. The van der Waals surface area contributed by atoms with Gasteiger partial charge in [-0.15, -0.1) is 0 Å². The van der Waals surface area contributed by atoms with Crippen LogP contribution in [0.15, 0.2) is 9.79 Å². The lowest BCUT2D eigenvalue weighted by molar-refractivity contribution is -0.0536. The fraction of sp³-hybridized carbons (Fsp3) is 0.636. The first kappa shape index (κ1) is 13.2. The van der Waals surface area contributed by atoms with Crippen molar-refractivity contribution in [3.8, 4) is 0 Å². The monoisotopic (exact) mass is 283 g/mol. The van der Waals surface area contributed by atoms with Crippen LogP contribution in [-0.4, -0.2) is 53.1 Å². The molecular weight excluding hydrogens is 266 g/mol. The van der Waals surface area contributed by atoms with Crippen LogP contribution < -0.4 is 16.7 Å². The number of imidazole rings is 1. The molecule has 0 aliphatic carbocycles. The van der Waals surface area contributed by atoms with Gasteiger partial charge in [-0.25, -0.2) is 9.79 Å². The Morgan fingerprint density at radius 1 is 1.65 bits per heavy atom. The zero-order valence-corrected chi connectivity index (χ0v) is 11.0. The average Bonchev–Trinajstić information content (AvgIpc) is 2.92. The van der Waals surface area contributed by atoms with Crippen molar-refractivity contribution in [3.63, 3.8) is 0 Å². The first-order chi connectivity index (χ1) is 9.61. The third-order valence-corrected chi connectivity index (χ3v) is 3.50. The maximum Gasteiger partial charge on any atom is 0.329 e. The Morgan fingerprint density at radius 3 is 3.20 bits per heavy atom. The number of amidine groups is 1. The molecule has 0 saturated carbocycles. The Bertz CT molecular complexity index is 592. The van der Waals surface area contributed by atoms with Gasteiger partial charge >= 0.3 is 5.69 Å². The molecule has 110 valence electrons. The second-order valence-corrected chi connectivity index (χ2v) is 4.79.